The van der Waals surface area contributed by atoms with Gasteiger partial charge in [-0.15, -0.1) is 0 Å². The quantitative estimate of drug-likeness (QED) is 0.600. The maximum Gasteiger partial charge on any atom is 0.267 e. The third-order valence-corrected chi connectivity index (χ3v) is 7.18. The second-order valence-corrected chi connectivity index (χ2v) is 9.53. The number of benzene rings is 3. The van der Waals surface area contributed by atoms with E-state index in [9.17, 15) is 13.2 Å². The molecule has 7 nitrogen and oxygen atoms in total. The van der Waals surface area contributed by atoms with Crippen molar-refractivity contribution in [1.82, 2.24) is 0 Å². The molecule has 0 fully saturated rings. The van der Waals surface area contributed by atoms with E-state index in [1.165, 1.54) is 23.5 Å². The van der Waals surface area contributed by atoms with E-state index in [4.69, 9.17) is 21.1 Å². The van der Waals surface area contributed by atoms with Gasteiger partial charge in [0.25, 0.3) is 15.9 Å². The van der Waals surface area contributed by atoms with Crippen LogP contribution in [0, 0.1) is 6.92 Å². The summed E-state index contributed by atoms with van der Waals surface area (Å²) in [5.41, 5.74) is 1.66. The van der Waals surface area contributed by atoms with Crippen molar-refractivity contribution in [2.24, 2.45) is 0 Å². The van der Waals surface area contributed by atoms with Crippen molar-refractivity contribution in [2.45, 2.75) is 17.9 Å². The van der Waals surface area contributed by atoms with Gasteiger partial charge in [-0.3, -0.25) is 9.10 Å². The van der Waals surface area contributed by atoms with Gasteiger partial charge in [0.05, 0.1) is 34.9 Å². The molecular weight excluding hydrogens is 452 g/mol. The van der Waals surface area contributed by atoms with Crippen molar-refractivity contribution >= 4 is 38.9 Å². The largest absolute Gasteiger partial charge is 0.497 e. The number of nitrogens with one attached hydrogen (secondary N) is 1. The summed E-state index contributed by atoms with van der Waals surface area (Å²) in [6.07, 6.45) is -1.08. The highest BCUT2D eigenvalue weighted by Crippen LogP contribution is 2.38. The third kappa shape index (κ3) is 4.24. The summed E-state index contributed by atoms with van der Waals surface area (Å²) in [7, 11) is -2.46. The molecule has 1 amide bonds. The van der Waals surface area contributed by atoms with E-state index in [-0.39, 0.29) is 11.4 Å². The lowest BCUT2D eigenvalue weighted by Gasteiger charge is -2.35. The molecule has 0 saturated carbocycles. The lowest BCUT2D eigenvalue weighted by Crippen LogP contribution is -2.48. The highest BCUT2D eigenvalue weighted by atomic mass is 35.5. The Morgan fingerprint density at radius 2 is 1.84 bits per heavy atom. The van der Waals surface area contributed by atoms with Gasteiger partial charge in [0.15, 0.2) is 6.10 Å². The SMILES string of the molecule is COc1ccc(S(=O)(=O)N2C[C@@H](C(=O)Nc3ccccc3Cl)Oc3cc(C)ccc32)cc1. The Kier molecular flexibility index (Phi) is 5.99. The number of carbonyl (C=O) groups is 1. The number of nitrogens with zero attached hydrogens (tertiary/aromatic N) is 1. The van der Waals surface area contributed by atoms with Crippen molar-refractivity contribution in [1.29, 1.82) is 0 Å². The van der Waals surface area contributed by atoms with Crippen LogP contribution in [0.2, 0.25) is 5.02 Å². The molecule has 1 heterocycles. The van der Waals surface area contributed by atoms with Crippen molar-refractivity contribution in [3.05, 3.63) is 77.3 Å². The van der Waals surface area contributed by atoms with E-state index in [2.05, 4.69) is 5.32 Å². The highest BCUT2D eigenvalue weighted by Gasteiger charge is 2.37. The maximum atomic E-state index is 13.5. The van der Waals surface area contributed by atoms with Crippen molar-refractivity contribution in [2.75, 3.05) is 23.3 Å². The number of carbonyl (C=O) groups excluding carboxylic acids is 1. The number of hydrogen-bond acceptors (Lipinski definition) is 5. The summed E-state index contributed by atoms with van der Waals surface area (Å²) in [6, 6.07) is 18.1. The molecule has 1 aliphatic rings. The normalized spacial score (nSPS) is 15.5. The average Bonchev–Trinajstić information content (AvgIpc) is 2.79. The summed E-state index contributed by atoms with van der Waals surface area (Å²) in [5, 5.41) is 3.09. The average molecular weight is 473 g/mol. The zero-order chi connectivity index (χ0) is 22.9. The minimum Gasteiger partial charge on any atom is -0.497 e. The van der Waals surface area contributed by atoms with Crippen LogP contribution >= 0.6 is 11.6 Å². The first kappa shape index (κ1) is 22.0. The Morgan fingerprint density at radius 3 is 2.53 bits per heavy atom. The van der Waals surface area contributed by atoms with E-state index in [1.54, 1.807) is 54.6 Å². The van der Waals surface area contributed by atoms with Crippen LogP contribution in [0.5, 0.6) is 11.5 Å². The third-order valence-electron chi connectivity index (χ3n) is 5.06. The molecule has 3 aromatic carbocycles. The lowest BCUT2D eigenvalue weighted by atomic mass is 10.1. The number of anilines is 2. The number of rotatable bonds is 5. The Morgan fingerprint density at radius 1 is 1.12 bits per heavy atom. The van der Waals surface area contributed by atoms with Crippen LogP contribution in [-0.2, 0) is 14.8 Å². The monoisotopic (exact) mass is 472 g/mol. The lowest BCUT2D eigenvalue weighted by molar-refractivity contribution is -0.122. The number of methoxy groups -OCH3 is 1. The first-order valence-electron chi connectivity index (χ1n) is 9.79. The van der Waals surface area contributed by atoms with Gasteiger partial charge in [-0.2, -0.15) is 0 Å². The number of para-hydroxylation sites is 1. The summed E-state index contributed by atoms with van der Waals surface area (Å²) < 4.78 is 39.2. The smallest absolute Gasteiger partial charge is 0.267 e. The van der Waals surface area contributed by atoms with Gasteiger partial charge in [0, 0.05) is 0 Å². The number of aryl methyl sites for hydroxylation is 1. The highest BCUT2D eigenvalue weighted by molar-refractivity contribution is 7.92. The Bertz CT molecular complexity index is 1260. The number of sulfonamides is 1. The molecule has 1 aliphatic heterocycles. The van der Waals surface area contributed by atoms with Crippen molar-refractivity contribution in [3.8, 4) is 11.5 Å². The van der Waals surface area contributed by atoms with Crippen LogP contribution < -0.4 is 19.1 Å². The first-order valence-corrected chi connectivity index (χ1v) is 11.6. The summed E-state index contributed by atoms with van der Waals surface area (Å²) >= 11 is 6.14. The fraction of sp³-hybridized carbons (Fsp3) is 0.174. The Hall–Kier alpha value is -3.23. The molecule has 0 radical (unpaired) electrons. The summed E-state index contributed by atoms with van der Waals surface area (Å²) in [5.74, 6) is 0.353. The molecule has 3 aromatic rings. The van der Waals surface area contributed by atoms with Gasteiger partial charge in [-0.25, -0.2) is 8.42 Å². The molecule has 9 heteroatoms. The predicted octanol–water partition coefficient (Wildman–Crippen LogP) is 4.25. The van der Waals surface area contributed by atoms with Crippen LogP contribution in [-0.4, -0.2) is 34.1 Å². The van der Waals surface area contributed by atoms with Gasteiger partial charge in [0.2, 0.25) is 0 Å². The molecule has 0 spiro atoms. The standard InChI is InChI=1S/C23H21ClN2O5S/c1-15-7-12-20-21(13-15)31-22(23(27)25-19-6-4-3-5-18(19)24)14-26(20)32(28,29)17-10-8-16(30-2)9-11-17/h3-13,22H,14H2,1-2H3,(H,25,27)/t22-/m0/s1. The van der Waals surface area contributed by atoms with Gasteiger partial charge >= 0.3 is 0 Å². The molecule has 166 valence electrons. The van der Waals surface area contributed by atoms with Crippen LogP contribution in [0.25, 0.3) is 0 Å². The Labute approximate surface area is 191 Å². The zero-order valence-corrected chi connectivity index (χ0v) is 19.0. The van der Waals surface area contributed by atoms with Crippen LogP contribution in [0.1, 0.15) is 5.56 Å². The van der Waals surface area contributed by atoms with E-state index >= 15 is 0 Å². The number of halogens is 1. The topological polar surface area (TPSA) is 84.9 Å². The molecule has 0 aliphatic carbocycles. The minimum absolute atomic E-state index is 0.0805. The van der Waals surface area contributed by atoms with Crippen LogP contribution in [0.3, 0.4) is 0 Å². The van der Waals surface area contributed by atoms with E-state index in [0.717, 1.165) is 5.56 Å². The number of fused-ring (bicyclic) bond motifs is 1. The maximum absolute atomic E-state index is 13.5. The fourth-order valence-electron chi connectivity index (χ4n) is 3.38. The van der Waals surface area contributed by atoms with E-state index in [1.807, 2.05) is 6.92 Å². The molecule has 4 rings (SSSR count). The van der Waals surface area contributed by atoms with Crippen molar-refractivity contribution in [3.63, 3.8) is 0 Å². The fourth-order valence-corrected chi connectivity index (χ4v) is 5.03. The molecular formula is C23H21ClN2O5S. The van der Waals surface area contributed by atoms with E-state index in [0.29, 0.717) is 27.9 Å². The Balaban J connectivity index is 1.70. The van der Waals surface area contributed by atoms with Gasteiger partial charge < -0.3 is 14.8 Å². The van der Waals surface area contributed by atoms with E-state index < -0.39 is 22.0 Å². The predicted molar refractivity (Wildman–Crippen MR) is 123 cm³/mol. The van der Waals surface area contributed by atoms with Crippen LogP contribution in [0.4, 0.5) is 11.4 Å². The number of ether oxygens (including phenoxy) is 2. The zero-order valence-electron chi connectivity index (χ0n) is 17.4. The van der Waals surface area contributed by atoms with Crippen LogP contribution in [0.15, 0.2) is 71.6 Å². The molecule has 0 saturated heterocycles. The molecule has 0 bridgehead atoms. The minimum atomic E-state index is -3.97. The van der Waals surface area contributed by atoms with Gasteiger partial charge in [0.1, 0.15) is 11.5 Å². The molecule has 0 aromatic heterocycles. The first-order chi connectivity index (χ1) is 15.3. The summed E-state index contributed by atoms with van der Waals surface area (Å²) in [4.78, 5) is 13.1. The second-order valence-electron chi connectivity index (χ2n) is 7.26. The molecule has 0 unspecified atom stereocenters. The summed E-state index contributed by atoms with van der Waals surface area (Å²) in [6.45, 7) is 1.67. The number of amides is 1. The second kappa shape index (κ2) is 8.72. The molecule has 1 N–H and O–H groups in total. The van der Waals surface area contributed by atoms with Gasteiger partial charge in [-0.05, 0) is 61.0 Å². The molecule has 1 atom stereocenters. The number of hydrogen-bond donors (Lipinski definition) is 1. The van der Waals surface area contributed by atoms with Crippen molar-refractivity contribution < 1.29 is 22.7 Å². The molecule has 32 heavy (non-hydrogen) atoms. The van der Waals surface area contributed by atoms with Gasteiger partial charge in [-0.1, -0.05) is 29.8 Å².